The van der Waals surface area contributed by atoms with E-state index in [1.165, 1.54) is 5.56 Å². The van der Waals surface area contributed by atoms with Crippen molar-refractivity contribution >= 4 is 0 Å². The summed E-state index contributed by atoms with van der Waals surface area (Å²) in [6, 6.07) is 6.06. The summed E-state index contributed by atoms with van der Waals surface area (Å²) >= 11 is 0. The predicted molar refractivity (Wildman–Crippen MR) is 79.0 cm³/mol. The molecule has 0 aliphatic carbocycles. The lowest BCUT2D eigenvalue weighted by Crippen LogP contribution is -2.12. The Bertz CT molecular complexity index is 590. The van der Waals surface area contributed by atoms with E-state index in [0.717, 1.165) is 29.8 Å². The van der Waals surface area contributed by atoms with E-state index in [2.05, 4.69) is 18.1 Å². The van der Waals surface area contributed by atoms with Crippen LogP contribution in [0.5, 0.6) is 5.75 Å². The summed E-state index contributed by atoms with van der Waals surface area (Å²) < 4.78 is 7.16. The van der Waals surface area contributed by atoms with Crippen molar-refractivity contribution in [1.82, 2.24) is 9.78 Å². The third-order valence-corrected chi connectivity index (χ3v) is 3.48. The van der Waals surface area contributed by atoms with Gasteiger partial charge >= 0.3 is 0 Å². The molecule has 0 bridgehead atoms. The Labute approximate surface area is 120 Å². The van der Waals surface area contributed by atoms with Gasteiger partial charge in [-0.2, -0.15) is 5.10 Å². The maximum Gasteiger partial charge on any atom is 0.163 e. The molecule has 0 aliphatic heterocycles. The number of benzene rings is 1. The van der Waals surface area contributed by atoms with Gasteiger partial charge in [-0.15, -0.1) is 0 Å². The smallest absolute Gasteiger partial charge is 0.163 e. The van der Waals surface area contributed by atoms with Crippen molar-refractivity contribution in [2.75, 3.05) is 7.11 Å². The zero-order chi connectivity index (χ0) is 14.7. The van der Waals surface area contributed by atoms with Crippen LogP contribution in [0.2, 0.25) is 0 Å². The highest BCUT2D eigenvalue weighted by molar-refractivity contribution is 5.39. The lowest BCUT2D eigenvalue weighted by atomic mass is 9.99. The van der Waals surface area contributed by atoms with Crippen molar-refractivity contribution in [2.24, 2.45) is 0 Å². The van der Waals surface area contributed by atoms with E-state index in [0.29, 0.717) is 5.75 Å². The van der Waals surface area contributed by atoms with Crippen LogP contribution in [0.1, 0.15) is 41.8 Å². The molecule has 0 aliphatic rings. The van der Waals surface area contributed by atoms with Gasteiger partial charge in [-0.1, -0.05) is 30.7 Å². The van der Waals surface area contributed by atoms with Crippen LogP contribution in [-0.2, 0) is 6.54 Å². The van der Waals surface area contributed by atoms with E-state index < -0.39 is 6.10 Å². The third-order valence-electron chi connectivity index (χ3n) is 3.48. The van der Waals surface area contributed by atoms with Crippen LogP contribution in [-0.4, -0.2) is 22.0 Å². The van der Waals surface area contributed by atoms with Crippen LogP contribution in [0.25, 0.3) is 0 Å². The van der Waals surface area contributed by atoms with Gasteiger partial charge in [0.1, 0.15) is 11.8 Å². The number of rotatable bonds is 5. The summed E-state index contributed by atoms with van der Waals surface area (Å²) in [6.45, 7) is 6.91. The first-order valence-electron chi connectivity index (χ1n) is 6.93. The fraction of sp³-hybridized carbons (Fsp3) is 0.438. The average molecular weight is 274 g/mol. The first-order chi connectivity index (χ1) is 9.58. The molecule has 0 radical (unpaired) electrons. The summed E-state index contributed by atoms with van der Waals surface area (Å²) in [5, 5.41) is 15.0. The molecule has 4 heteroatoms. The highest BCUT2D eigenvalue weighted by Crippen LogP contribution is 2.31. The van der Waals surface area contributed by atoms with Crippen molar-refractivity contribution in [3.05, 3.63) is 46.8 Å². The van der Waals surface area contributed by atoms with Gasteiger partial charge in [-0.05, 0) is 31.4 Å². The molecule has 1 atom stereocenters. The van der Waals surface area contributed by atoms with Gasteiger partial charge in [0.05, 0.1) is 13.3 Å². The third kappa shape index (κ3) is 2.70. The molecule has 0 saturated carbocycles. The standard InChI is InChI=1S/C16H22N2O2/c1-5-8-18-15(14(20-4)10-17-18)16(19)13-7-6-11(2)9-12(13)3/h6-7,9-10,16,19H,5,8H2,1-4H3. The Balaban J connectivity index is 2.46. The number of aryl methyl sites for hydroxylation is 3. The second kappa shape index (κ2) is 6.09. The lowest BCUT2D eigenvalue weighted by Gasteiger charge is -2.17. The zero-order valence-corrected chi connectivity index (χ0v) is 12.6. The number of methoxy groups -OCH3 is 1. The molecule has 0 amide bonds. The fourth-order valence-corrected chi connectivity index (χ4v) is 2.48. The Morgan fingerprint density at radius 1 is 1.35 bits per heavy atom. The van der Waals surface area contributed by atoms with Gasteiger partial charge in [0.15, 0.2) is 5.75 Å². The van der Waals surface area contributed by atoms with Gasteiger partial charge in [0.2, 0.25) is 0 Å². The molecule has 1 heterocycles. The first-order valence-corrected chi connectivity index (χ1v) is 6.93. The van der Waals surface area contributed by atoms with Crippen molar-refractivity contribution in [2.45, 2.75) is 39.8 Å². The van der Waals surface area contributed by atoms with Crippen molar-refractivity contribution in [3.63, 3.8) is 0 Å². The quantitative estimate of drug-likeness (QED) is 0.911. The van der Waals surface area contributed by atoms with E-state index >= 15 is 0 Å². The first kappa shape index (κ1) is 14.6. The molecule has 1 aromatic carbocycles. The molecular weight excluding hydrogens is 252 g/mol. The molecule has 1 N–H and O–H groups in total. The topological polar surface area (TPSA) is 47.3 Å². The van der Waals surface area contributed by atoms with Gasteiger partial charge in [-0.25, -0.2) is 0 Å². The molecule has 108 valence electrons. The number of ether oxygens (including phenoxy) is 1. The highest BCUT2D eigenvalue weighted by Gasteiger charge is 2.22. The minimum Gasteiger partial charge on any atom is -0.493 e. The summed E-state index contributed by atoms with van der Waals surface area (Å²) in [5.74, 6) is 0.630. The molecule has 1 aromatic heterocycles. The SMILES string of the molecule is CCCn1ncc(OC)c1C(O)c1ccc(C)cc1C. The van der Waals surface area contributed by atoms with Gasteiger partial charge in [0.25, 0.3) is 0 Å². The zero-order valence-electron chi connectivity index (χ0n) is 12.6. The van der Waals surface area contributed by atoms with Crippen LogP contribution < -0.4 is 4.74 Å². The summed E-state index contributed by atoms with van der Waals surface area (Å²) in [4.78, 5) is 0. The van der Waals surface area contributed by atoms with Gasteiger partial charge < -0.3 is 9.84 Å². The number of hydrogen-bond acceptors (Lipinski definition) is 3. The van der Waals surface area contributed by atoms with Crippen LogP contribution in [0.3, 0.4) is 0 Å². The Kier molecular flexibility index (Phi) is 4.45. The van der Waals surface area contributed by atoms with Gasteiger partial charge in [-0.3, -0.25) is 4.68 Å². The number of hydrogen-bond donors (Lipinski definition) is 1. The highest BCUT2D eigenvalue weighted by atomic mass is 16.5. The molecule has 0 spiro atoms. The van der Waals surface area contributed by atoms with Crippen LogP contribution in [0.15, 0.2) is 24.4 Å². The second-order valence-electron chi connectivity index (χ2n) is 5.08. The van der Waals surface area contributed by atoms with Crippen molar-refractivity contribution < 1.29 is 9.84 Å². The minimum atomic E-state index is -0.723. The Morgan fingerprint density at radius 3 is 2.70 bits per heavy atom. The molecule has 1 unspecified atom stereocenters. The summed E-state index contributed by atoms with van der Waals surface area (Å²) in [5.41, 5.74) is 3.88. The largest absolute Gasteiger partial charge is 0.493 e. The van der Waals surface area contributed by atoms with Crippen LogP contribution >= 0.6 is 0 Å². The minimum absolute atomic E-state index is 0.630. The number of aromatic nitrogens is 2. The van der Waals surface area contributed by atoms with Gasteiger partial charge in [0, 0.05) is 6.54 Å². The van der Waals surface area contributed by atoms with Crippen molar-refractivity contribution in [3.8, 4) is 5.75 Å². The molecule has 4 nitrogen and oxygen atoms in total. The van der Waals surface area contributed by atoms with E-state index in [9.17, 15) is 5.11 Å². The van der Waals surface area contributed by atoms with Crippen LogP contribution in [0, 0.1) is 13.8 Å². The normalized spacial score (nSPS) is 12.4. The fourth-order valence-electron chi connectivity index (χ4n) is 2.48. The van der Waals surface area contributed by atoms with Crippen molar-refractivity contribution in [1.29, 1.82) is 0 Å². The molecular formula is C16H22N2O2. The molecule has 0 fully saturated rings. The number of aliphatic hydroxyl groups is 1. The van der Waals surface area contributed by atoms with E-state index in [1.54, 1.807) is 13.3 Å². The van der Waals surface area contributed by atoms with E-state index in [4.69, 9.17) is 4.74 Å². The Hall–Kier alpha value is -1.81. The summed E-state index contributed by atoms with van der Waals surface area (Å²) in [6.07, 6.45) is 1.90. The average Bonchev–Trinajstić information content (AvgIpc) is 2.81. The Morgan fingerprint density at radius 2 is 2.10 bits per heavy atom. The predicted octanol–water partition coefficient (Wildman–Crippen LogP) is 3.00. The molecule has 20 heavy (non-hydrogen) atoms. The molecule has 2 rings (SSSR count). The maximum atomic E-state index is 10.7. The van der Waals surface area contributed by atoms with Crippen LogP contribution in [0.4, 0.5) is 0 Å². The molecule has 0 saturated heterocycles. The maximum absolute atomic E-state index is 10.7. The van der Waals surface area contributed by atoms with E-state index in [-0.39, 0.29) is 0 Å². The number of nitrogens with zero attached hydrogens (tertiary/aromatic N) is 2. The monoisotopic (exact) mass is 274 g/mol. The number of aliphatic hydroxyl groups excluding tert-OH is 1. The lowest BCUT2D eigenvalue weighted by molar-refractivity contribution is 0.201. The second-order valence-corrected chi connectivity index (χ2v) is 5.08. The molecule has 2 aromatic rings. The summed E-state index contributed by atoms with van der Waals surface area (Å²) in [7, 11) is 1.60. The van der Waals surface area contributed by atoms with E-state index in [1.807, 2.05) is 30.7 Å².